The van der Waals surface area contributed by atoms with Crippen molar-refractivity contribution in [1.29, 1.82) is 0 Å². The molecule has 0 bridgehead atoms. The van der Waals surface area contributed by atoms with Gasteiger partial charge in [-0.15, -0.1) is 0 Å². The zero-order valence-electron chi connectivity index (χ0n) is 18.7. The van der Waals surface area contributed by atoms with Crippen LogP contribution in [0.1, 0.15) is 28.4 Å². The summed E-state index contributed by atoms with van der Waals surface area (Å²) in [7, 11) is -4.03. The number of hydrogen-bond acceptors (Lipinski definition) is 5. The Morgan fingerprint density at radius 3 is 2.15 bits per heavy atom. The third kappa shape index (κ3) is 5.78. The topological polar surface area (TPSA) is 92.8 Å². The maximum absolute atomic E-state index is 13.5. The molecule has 0 heterocycles. The summed E-state index contributed by atoms with van der Waals surface area (Å²) in [6.45, 7) is 5.13. The van der Waals surface area contributed by atoms with Gasteiger partial charge in [0.05, 0.1) is 28.4 Å². The van der Waals surface area contributed by atoms with Gasteiger partial charge < -0.3 is 10.1 Å². The zero-order valence-corrected chi connectivity index (χ0v) is 19.6. The van der Waals surface area contributed by atoms with Gasteiger partial charge in [-0.1, -0.05) is 36.4 Å². The summed E-state index contributed by atoms with van der Waals surface area (Å²) in [5, 5.41) is 2.66. The Morgan fingerprint density at radius 2 is 1.52 bits per heavy atom. The van der Waals surface area contributed by atoms with E-state index in [1.54, 1.807) is 55.5 Å². The molecule has 3 aromatic rings. The first-order valence-corrected chi connectivity index (χ1v) is 11.9. The highest BCUT2D eigenvalue weighted by Crippen LogP contribution is 2.26. The highest BCUT2D eigenvalue weighted by Gasteiger charge is 2.28. The minimum atomic E-state index is -4.03. The number of para-hydroxylation sites is 1. The van der Waals surface area contributed by atoms with Crippen molar-refractivity contribution in [1.82, 2.24) is 0 Å². The van der Waals surface area contributed by atoms with Gasteiger partial charge in [0, 0.05) is 0 Å². The lowest BCUT2D eigenvalue weighted by Crippen LogP contribution is -2.38. The second-order valence-electron chi connectivity index (χ2n) is 7.48. The number of hydrogen-bond donors (Lipinski definition) is 1. The molecular formula is C25H26N2O5S. The normalized spacial score (nSPS) is 11.0. The maximum Gasteiger partial charge on any atom is 0.340 e. The number of ether oxygens (including phenoxy) is 1. The largest absolute Gasteiger partial charge is 0.462 e. The van der Waals surface area contributed by atoms with Gasteiger partial charge >= 0.3 is 5.97 Å². The Balaban J connectivity index is 1.97. The molecule has 0 saturated carbocycles. The lowest BCUT2D eigenvalue weighted by molar-refractivity contribution is -0.114. The van der Waals surface area contributed by atoms with Gasteiger partial charge in [-0.25, -0.2) is 13.2 Å². The average Bonchev–Trinajstić information content (AvgIpc) is 2.78. The fraction of sp³-hybridized carbons (Fsp3) is 0.200. The van der Waals surface area contributed by atoms with Gasteiger partial charge in [-0.3, -0.25) is 9.10 Å². The van der Waals surface area contributed by atoms with Gasteiger partial charge in [0.1, 0.15) is 6.54 Å². The number of esters is 1. The molecule has 33 heavy (non-hydrogen) atoms. The molecule has 172 valence electrons. The predicted molar refractivity (Wildman–Crippen MR) is 128 cm³/mol. The van der Waals surface area contributed by atoms with Crippen LogP contribution in [0.4, 0.5) is 11.4 Å². The number of benzene rings is 3. The van der Waals surface area contributed by atoms with Crippen LogP contribution in [-0.2, 0) is 19.6 Å². The molecule has 7 nitrogen and oxygen atoms in total. The number of aryl methyl sites for hydroxylation is 2. The molecule has 0 atom stereocenters. The van der Waals surface area contributed by atoms with Gasteiger partial charge in [-0.05, 0) is 68.3 Å². The third-order valence-corrected chi connectivity index (χ3v) is 6.60. The highest BCUT2D eigenvalue weighted by atomic mass is 32.2. The first-order valence-electron chi connectivity index (χ1n) is 10.4. The third-order valence-electron chi connectivity index (χ3n) is 4.81. The summed E-state index contributed by atoms with van der Waals surface area (Å²) in [5.74, 6) is -1.16. The average molecular weight is 467 g/mol. The molecular weight excluding hydrogens is 440 g/mol. The summed E-state index contributed by atoms with van der Waals surface area (Å²) in [6.07, 6.45) is 0. The van der Waals surface area contributed by atoms with Crippen molar-refractivity contribution in [3.05, 3.63) is 89.5 Å². The molecule has 3 aromatic carbocycles. The van der Waals surface area contributed by atoms with Crippen molar-refractivity contribution in [3.8, 4) is 0 Å². The Kier molecular flexibility index (Phi) is 7.50. The second-order valence-corrected chi connectivity index (χ2v) is 9.35. The van der Waals surface area contributed by atoms with Crippen LogP contribution in [0.2, 0.25) is 0 Å². The molecule has 8 heteroatoms. The van der Waals surface area contributed by atoms with Gasteiger partial charge in [0.25, 0.3) is 10.0 Å². The Morgan fingerprint density at radius 1 is 0.909 bits per heavy atom. The van der Waals surface area contributed by atoms with Crippen LogP contribution >= 0.6 is 0 Å². The summed E-state index contributed by atoms with van der Waals surface area (Å²) in [4.78, 5) is 25.3. The second kappa shape index (κ2) is 10.3. The van der Waals surface area contributed by atoms with E-state index in [0.717, 1.165) is 15.4 Å². The molecule has 0 spiro atoms. The fourth-order valence-corrected chi connectivity index (χ4v) is 4.85. The number of carbonyl (C=O) groups excluding carboxylic acids is 2. The number of amides is 1. The Bertz CT molecular complexity index is 1240. The van der Waals surface area contributed by atoms with E-state index < -0.39 is 28.4 Å². The van der Waals surface area contributed by atoms with E-state index in [-0.39, 0.29) is 22.8 Å². The highest BCUT2D eigenvalue weighted by molar-refractivity contribution is 7.92. The van der Waals surface area contributed by atoms with Gasteiger partial charge in [0.15, 0.2) is 0 Å². The molecule has 1 N–H and O–H groups in total. The van der Waals surface area contributed by atoms with Crippen LogP contribution in [0.5, 0.6) is 0 Å². The molecule has 0 fully saturated rings. The molecule has 0 aliphatic heterocycles. The number of sulfonamides is 1. The van der Waals surface area contributed by atoms with Crippen LogP contribution in [0.3, 0.4) is 0 Å². The maximum atomic E-state index is 13.5. The number of nitrogens with zero attached hydrogens (tertiary/aromatic N) is 1. The molecule has 0 aliphatic rings. The fourth-order valence-electron chi connectivity index (χ4n) is 3.43. The van der Waals surface area contributed by atoms with E-state index in [1.807, 2.05) is 19.9 Å². The number of rotatable bonds is 8. The summed E-state index contributed by atoms with van der Waals surface area (Å²) in [6, 6.07) is 19.7. The van der Waals surface area contributed by atoms with E-state index in [0.29, 0.717) is 5.69 Å². The van der Waals surface area contributed by atoms with E-state index in [1.165, 1.54) is 18.2 Å². The lowest BCUT2D eigenvalue weighted by Gasteiger charge is -2.25. The molecule has 3 rings (SSSR count). The molecule has 0 radical (unpaired) electrons. The monoisotopic (exact) mass is 466 g/mol. The van der Waals surface area contributed by atoms with Crippen molar-refractivity contribution in [2.75, 3.05) is 22.8 Å². The number of carbonyl (C=O) groups is 2. The Labute approximate surface area is 194 Å². The summed E-state index contributed by atoms with van der Waals surface area (Å²) >= 11 is 0. The van der Waals surface area contributed by atoms with Crippen LogP contribution in [0.15, 0.2) is 77.7 Å². The summed E-state index contributed by atoms with van der Waals surface area (Å²) in [5.41, 5.74) is 2.55. The van der Waals surface area contributed by atoms with Crippen LogP contribution in [0.25, 0.3) is 0 Å². The molecule has 0 unspecified atom stereocenters. The smallest absolute Gasteiger partial charge is 0.340 e. The van der Waals surface area contributed by atoms with Crippen molar-refractivity contribution in [2.45, 2.75) is 25.7 Å². The molecule has 0 aromatic heterocycles. The SMILES string of the molecule is CCOC(=O)c1ccccc1NC(=O)CN(c1cc(C)cc(C)c1)S(=O)(=O)c1ccccc1. The van der Waals surface area contributed by atoms with Crippen molar-refractivity contribution in [3.63, 3.8) is 0 Å². The number of nitrogens with one attached hydrogen (secondary N) is 1. The minimum Gasteiger partial charge on any atom is -0.462 e. The standard InChI is InChI=1S/C25H26N2O5S/c1-4-32-25(29)22-12-8-9-13-23(22)26-24(28)17-27(20-15-18(2)14-19(3)16-20)33(30,31)21-10-6-5-7-11-21/h5-16H,4,17H2,1-3H3,(H,26,28). The van der Waals surface area contributed by atoms with E-state index >= 15 is 0 Å². The number of anilines is 2. The minimum absolute atomic E-state index is 0.0730. The molecule has 0 saturated heterocycles. The predicted octanol–water partition coefficient (Wildman–Crippen LogP) is 4.31. The zero-order chi connectivity index (χ0) is 24.0. The van der Waals surface area contributed by atoms with Crippen LogP contribution in [0, 0.1) is 13.8 Å². The lowest BCUT2D eigenvalue weighted by atomic mass is 10.1. The first-order chi connectivity index (χ1) is 15.7. The quantitative estimate of drug-likeness (QED) is 0.499. The van der Waals surface area contributed by atoms with E-state index in [4.69, 9.17) is 4.74 Å². The van der Waals surface area contributed by atoms with E-state index in [9.17, 15) is 18.0 Å². The van der Waals surface area contributed by atoms with Gasteiger partial charge in [0.2, 0.25) is 5.91 Å². The van der Waals surface area contributed by atoms with Gasteiger partial charge in [-0.2, -0.15) is 0 Å². The molecule has 0 aliphatic carbocycles. The Hall–Kier alpha value is -3.65. The van der Waals surface area contributed by atoms with Crippen molar-refractivity contribution < 1.29 is 22.7 Å². The van der Waals surface area contributed by atoms with Crippen LogP contribution < -0.4 is 9.62 Å². The van der Waals surface area contributed by atoms with Crippen molar-refractivity contribution in [2.24, 2.45) is 0 Å². The van der Waals surface area contributed by atoms with Crippen LogP contribution in [-0.4, -0.2) is 33.4 Å². The van der Waals surface area contributed by atoms with E-state index in [2.05, 4.69) is 5.32 Å². The first kappa shape index (κ1) is 24.0. The summed E-state index contributed by atoms with van der Waals surface area (Å²) < 4.78 is 33.1. The molecule has 1 amide bonds. The van der Waals surface area contributed by atoms with Crippen molar-refractivity contribution >= 4 is 33.3 Å².